The average molecular weight is 282 g/mol. The molecule has 3 rings (SSSR count). The normalized spacial score (nSPS) is 16.2. The van der Waals surface area contributed by atoms with Gasteiger partial charge in [-0.2, -0.15) is 0 Å². The molecule has 1 unspecified atom stereocenters. The fourth-order valence-corrected chi connectivity index (χ4v) is 2.93. The lowest BCUT2D eigenvalue weighted by Crippen LogP contribution is -2.21. The molecule has 0 bridgehead atoms. The van der Waals surface area contributed by atoms with Crippen molar-refractivity contribution in [1.82, 2.24) is 0 Å². The number of benzene rings is 2. The van der Waals surface area contributed by atoms with Crippen LogP contribution in [0.1, 0.15) is 17.9 Å². The molecule has 110 valence electrons. The Hall–Kier alpha value is -2.16. The van der Waals surface area contributed by atoms with E-state index >= 15 is 0 Å². The van der Waals surface area contributed by atoms with Crippen LogP contribution in [-0.4, -0.2) is 27.2 Å². The van der Waals surface area contributed by atoms with Crippen LogP contribution < -0.4 is 15.0 Å². The number of para-hydroxylation sites is 1. The number of methoxy groups -OCH3 is 1. The second-order valence-corrected chi connectivity index (χ2v) is 5.57. The van der Waals surface area contributed by atoms with E-state index in [0.717, 1.165) is 25.3 Å². The molecule has 0 aromatic heterocycles. The number of rotatable bonds is 5. The lowest BCUT2D eigenvalue weighted by molar-refractivity contribution is 0.415. The van der Waals surface area contributed by atoms with Gasteiger partial charge in [-0.05, 0) is 42.3 Å². The number of nitrogens with zero attached hydrogens (tertiary/aromatic N) is 1. The van der Waals surface area contributed by atoms with E-state index in [-0.39, 0.29) is 0 Å². The summed E-state index contributed by atoms with van der Waals surface area (Å²) in [6.07, 6.45) is 1.16. The Morgan fingerprint density at radius 3 is 2.67 bits per heavy atom. The maximum absolute atomic E-state index is 5.20. The van der Waals surface area contributed by atoms with Gasteiger partial charge >= 0.3 is 0 Å². The van der Waals surface area contributed by atoms with Crippen LogP contribution in [0.5, 0.6) is 5.75 Å². The average Bonchev–Trinajstić information content (AvgIpc) is 2.96. The van der Waals surface area contributed by atoms with Crippen LogP contribution in [0.2, 0.25) is 0 Å². The first-order chi connectivity index (χ1) is 10.3. The summed E-state index contributed by atoms with van der Waals surface area (Å²) in [5.74, 6) is 1.52. The second-order valence-electron chi connectivity index (χ2n) is 5.57. The minimum Gasteiger partial charge on any atom is -0.497 e. The molecule has 1 aliphatic heterocycles. The van der Waals surface area contributed by atoms with E-state index in [4.69, 9.17) is 4.74 Å². The maximum atomic E-state index is 5.20. The molecule has 21 heavy (non-hydrogen) atoms. The Balaban J connectivity index is 1.60. The zero-order valence-electron chi connectivity index (χ0n) is 12.7. The Bertz CT molecular complexity index is 594. The Morgan fingerprint density at radius 2 is 1.90 bits per heavy atom. The predicted octanol–water partition coefficient (Wildman–Crippen LogP) is 3.73. The standard InChI is InChI=1S/C18H22N2O/c1-20(15-7-9-16(21-2)10-8-15)12-11-14-13-19-18-6-4-3-5-17(14)18/h3-10,14,19H,11-13H2,1-2H3. The molecule has 0 saturated carbocycles. The molecule has 0 fully saturated rings. The molecule has 0 radical (unpaired) electrons. The summed E-state index contributed by atoms with van der Waals surface area (Å²) >= 11 is 0. The molecule has 2 aromatic carbocycles. The molecular weight excluding hydrogens is 260 g/mol. The zero-order valence-corrected chi connectivity index (χ0v) is 12.7. The molecule has 1 N–H and O–H groups in total. The van der Waals surface area contributed by atoms with Gasteiger partial charge in [0.2, 0.25) is 0 Å². The molecule has 0 aliphatic carbocycles. The summed E-state index contributed by atoms with van der Waals surface area (Å²) in [4.78, 5) is 2.31. The van der Waals surface area contributed by atoms with Gasteiger partial charge in [0.25, 0.3) is 0 Å². The summed E-state index contributed by atoms with van der Waals surface area (Å²) in [6.45, 7) is 2.10. The molecule has 0 spiro atoms. The van der Waals surface area contributed by atoms with Crippen LogP contribution in [0.25, 0.3) is 0 Å². The van der Waals surface area contributed by atoms with Gasteiger partial charge < -0.3 is 15.0 Å². The highest BCUT2D eigenvalue weighted by Crippen LogP contribution is 2.33. The predicted molar refractivity (Wildman–Crippen MR) is 88.6 cm³/mol. The van der Waals surface area contributed by atoms with Crippen molar-refractivity contribution >= 4 is 11.4 Å². The van der Waals surface area contributed by atoms with Crippen LogP contribution in [0.15, 0.2) is 48.5 Å². The highest BCUT2D eigenvalue weighted by atomic mass is 16.5. The van der Waals surface area contributed by atoms with Crippen LogP contribution in [-0.2, 0) is 0 Å². The van der Waals surface area contributed by atoms with E-state index in [2.05, 4.69) is 53.7 Å². The van der Waals surface area contributed by atoms with E-state index < -0.39 is 0 Å². The number of nitrogens with one attached hydrogen (secondary N) is 1. The summed E-state index contributed by atoms with van der Waals surface area (Å²) in [6, 6.07) is 16.9. The van der Waals surface area contributed by atoms with Crippen LogP contribution in [0, 0.1) is 0 Å². The number of fused-ring (bicyclic) bond motifs is 1. The van der Waals surface area contributed by atoms with Crippen LogP contribution in [0.4, 0.5) is 11.4 Å². The molecule has 1 aliphatic rings. The Morgan fingerprint density at radius 1 is 1.14 bits per heavy atom. The number of hydrogen-bond acceptors (Lipinski definition) is 3. The van der Waals surface area contributed by atoms with E-state index in [1.165, 1.54) is 16.9 Å². The van der Waals surface area contributed by atoms with Crippen molar-refractivity contribution in [3.05, 3.63) is 54.1 Å². The van der Waals surface area contributed by atoms with Gasteiger partial charge in [-0.1, -0.05) is 18.2 Å². The van der Waals surface area contributed by atoms with Crippen LogP contribution in [0.3, 0.4) is 0 Å². The number of hydrogen-bond donors (Lipinski definition) is 1. The molecule has 1 atom stereocenters. The Labute approximate surface area is 126 Å². The molecular formula is C18H22N2O. The van der Waals surface area contributed by atoms with Crippen molar-refractivity contribution in [2.75, 3.05) is 37.5 Å². The summed E-state index contributed by atoms with van der Waals surface area (Å²) in [5.41, 5.74) is 3.99. The van der Waals surface area contributed by atoms with Crippen molar-refractivity contribution in [2.45, 2.75) is 12.3 Å². The molecule has 2 aromatic rings. The topological polar surface area (TPSA) is 24.5 Å². The first-order valence-corrected chi connectivity index (χ1v) is 7.46. The van der Waals surface area contributed by atoms with Crippen molar-refractivity contribution in [1.29, 1.82) is 0 Å². The maximum Gasteiger partial charge on any atom is 0.119 e. The van der Waals surface area contributed by atoms with Gasteiger partial charge in [-0.15, -0.1) is 0 Å². The van der Waals surface area contributed by atoms with Gasteiger partial charge in [0.1, 0.15) is 5.75 Å². The lowest BCUT2D eigenvalue weighted by atomic mass is 9.98. The quantitative estimate of drug-likeness (QED) is 0.904. The third-order valence-corrected chi connectivity index (χ3v) is 4.27. The van der Waals surface area contributed by atoms with Gasteiger partial charge in [0.05, 0.1) is 7.11 Å². The first kappa shape index (κ1) is 13.8. The highest BCUT2D eigenvalue weighted by Gasteiger charge is 2.21. The SMILES string of the molecule is COc1ccc(N(C)CCC2CNc3ccccc32)cc1. The molecule has 0 amide bonds. The number of anilines is 2. The van der Waals surface area contributed by atoms with Gasteiger partial charge in [-0.3, -0.25) is 0 Å². The third kappa shape index (κ3) is 2.97. The van der Waals surface area contributed by atoms with Crippen molar-refractivity contribution in [2.24, 2.45) is 0 Å². The fraction of sp³-hybridized carbons (Fsp3) is 0.333. The molecule has 3 heteroatoms. The lowest BCUT2D eigenvalue weighted by Gasteiger charge is -2.21. The Kier molecular flexibility index (Phi) is 4.00. The minimum atomic E-state index is 0.613. The first-order valence-electron chi connectivity index (χ1n) is 7.46. The third-order valence-electron chi connectivity index (χ3n) is 4.27. The van der Waals surface area contributed by atoms with Gasteiger partial charge in [0.15, 0.2) is 0 Å². The van der Waals surface area contributed by atoms with Crippen molar-refractivity contribution in [3.8, 4) is 5.75 Å². The summed E-state index contributed by atoms with van der Waals surface area (Å²) in [5, 5.41) is 3.49. The zero-order chi connectivity index (χ0) is 14.7. The van der Waals surface area contributed by atoms with Gasteiger partial charge in [0, 0.05) is 37.4 Å². The second kappa shape index (κ2) is 6.08. The fourth-order valence-electron chi connectivity index (χ4n) is 2.93. The van der Waals surface area contributed by atoms with Crippen molar-refractivity contribution in [3.63, 3.8) is 0 Å². The van der Waals surface area contributed by atoms with Crippen molar-refractivity contribution < 1.29 is 4.74 Å². The smallest absolute Gasteiger partial charge is 0.119 e. The van der Waals surface area contributed by atoms with E-state index in [9.17, 15) is 0 Å². The largest absolute Gasteiger partial charge is 0.497 e. The highest BCUT2D eigenvalue weighted by molar-refractivity contribution is 5.57. The summed E-state index contributed by atoms with van der Waals surface area (Å²) < 4.78 is 5.20. The molecule has 1 heterocycles. The van der Waals surface area contributed by atoms with Crippen LogP contribution >= 0.6 is 0 Å². The molecule has 0 saturated heterocycles. The van der Waals surface area contributed by atoms with E-state index in [1.807, 2.05) is 12.1 Å². The molecule has 3 nitrogen and oxygen atoms in total. The minimum absolute atomic E-state index is 0.613. The summed E-state index contributed by atoms with van der Waals surface area (Å²) in [7, 11) is 3.85. The van der Waals surface area contributed by atoms with E-state index in [1.54, 1.807) is 7.11 Å². The monoisotopic (exact) mass is 282 g/mol. The number of ether oxygens (including phenoxy) is 1. The van der Waals surface area contributed by atoms with E-state index in [0.29, 0.717) is 5.92 Å². The van der Waals surface area contributed by atoms with Gasteiger partial charge in [-0.25, -0.2) is 0 Å².